The van der Waals surface area contributed by atoms with Gasteiger partial charge in [-0.3, -0.25) is 9.79 Å². The molecule has 0 saturated carbocycles. The number of amides is 1. The SMILES string of the molecule is CCOc1ccc(CN(C)C(=NC)NCCNC(=O)c2cccc(C)c2)cc1.I. The average Bonchev–Trinajstić information content (AvgIpc) is 2.69. The van der Waals surface area contributed by atoms with E-state index in [2.05, 4.69) is 27.8 Å². The summed E-state index contributed by atoms with van der Waals surface area (Å²) in [7, 11) is 3.74. The number of nitrogens with zero attached hydrogens (tertiary/aromatic N) is 2. The number of nitrogens with one attached hydrogen (secondary N) is 2. The van der Waals surface area contributed by atoms with Crippen LogP contribution in [0.2, 0.25) is 0 Å². The third kappa shape index (κ3) is 8.31. The second kappa shape index (κ2) is 13.0. The molecule has 0 unspecified atom stereocenters. The number of carbonyl (C=O) groups is 1. The molecular weight excluding hydrogens is 479 g/mol. The van der Waals surface area contributed by atoms with E-state index >= 15 is 0 Å². The summed E-state index contributed by atoms with van der Waals surface area (Å²) < 4.78 is 5.47. The molecular formula is C22H31IN4O2. The predicted octanol–water partition coefficient (Wildman–Crippen LogP) is 3.45. The highest BCUT2D eigenvalue weighted by atomic mass is 127. The Bertz CT molecular complexity index is 794. The molecule has 0 saturated heterocycles. The van der Waals surface area contributed by atoms with Gasteiger partial charge in [0.25, 0.3) is 5.91 Å². The first-order valence-electron chi connectivity index (χ1n) is 9.52. The van der Waals surface area contributed by atoms with E-state index in [4.69, 9.17) is 4.74 Å². The fourth-order valence-electron chi connectivity index (χ4n) is 2.83. The Kier molecular flexibility index (Phi) is 11.1. The van der Waals surface area contributed by atoms with Gasteiger partial charge in [0.15, 0.2) is 5.96 Å². The number of benzene rings is 2. The summed E-state index contributed by atoms with van der Waals surface area (Å²) >= 11 is 0. The van der Waals surface area contributed by atoms with Gasteiger partial charge in [-0.05, 0) is 43.7 Å². The van der Waals surface area contributed by atoms with Crippen molar-refractivity contribution in [3.63, 3.8) is 0 Å². The molecule has 6 nitrogen and oxygen atoms in total. The van der Waals surface area contributed by atoms with Gasteiger partial charge in [0.1, 0.15) is 5.75 Å². The smallest absolute Gasteiger partial charge is 0.251 e. The van der Waals surface area contributed by atoms with Gasteiger partial charge in [-0.25, -0.2) is 0 Å². The van der Waals surface area contributed by atoms with Crippen LogP contribution >= 0.6 is 24.0 Å². The summed E-state index contributed by atoms with van der Waals surface area (Å²) in [5, 5.41) is 6.20. The molecule has 2 N–H and O–H groups in total. The van der Waals surface area contributed by atoms with Gasteiger partial charge >= 0.3 is 0 Å². The van der Waals surface area contributed by atoms with Gasteiger partial charge in [-0.1, -0.05) is 29.8 Å². The predicted molar refractivity (Wildman–Crippen MR) is 129 cm³/mol. The summed E-state index contributed by atoms with van der Waals surface area (Å²) in [6.07, 6.45) is 0. The Labute approximate surface area is 190 Å². The van der Waals surface area contributed by atoms with E-state index < -0.39 is 0 Å². The van der Waals surface area contributed by atoms with E-state index in [1.54, 1.807) is 7.05 Å². The van der Waals surface area contributed by atoms with E-state index in [1.165, 1.54) is 5.56 Å². The van der Waals surface area contributed by atoms with Crippen LogP contribution in [0.15, 0.2) is 53.5 Å². The quantitative estimate of drug-likeness (QED) is 0.247. The zero-order chi connectivity index (χ0) is 20.4. The van der Waals surface area contributed by atoms with Crippen LogP contribution < -0.4 is 15.4 Å². The number of aliphatic imine (C=N–C) groups is 1. The molecule has 29 heavy (non-hydrogen) atoms. The van der Waals surface area contributed by atoms with Gasteiger partial charge < -0.3 is 20.3 Å². The first-order valence-corrected chi connectivity index (χ1v) is 9.52. The molecule has 7 heteroatoms. The number of hydrogen-bond donors (Lipinski definition) is 2. The first kappa shape index (κ1) is 24.7. The van der Waals surface area contributed by atoms with Crippen LogP contribution in [0.25, 0.3) is 0 Å². The third-order valence-electron chi connectivity index (χ3n) is 4.20. The van der Waals surface area contributed by atoms with Crippen LogP contribution in [0.4, 0.5) is 0 Å². The molecule has 0 radical (unpaired) electrons. The lowest BCUT2D eigenvalue weighted by atomic mass is 10.1. The molecule has 0 aliphatic heterocycles. The Balaban J connectivity index is 0.00000420. The molecule has 2 rings (SSSR count). The summed E-state index contributed by atoms with van der Waals surface area (Å²) in [5.74, 6) is 1.59. The van der Waals surface area contributed by atoms with Crippen LogP contribution in [0, 0.1) is 6.92 Å². The molecule has 0 aromatic heterocycles. The molecule has 2 aromatic carbocycles. The highest BCUT2D eigenvalue weighted by molar-refractivity contribution is 14.0. The standard InChI is InChI=1S/C22H30N4O2.HI/c1-5-28-20-11-9-18(10-12-20)16-26(4)22(23-3)25-14-13-24-21(27)19-8-6-7-17(2)15-19;/h6-12,15H,5,13-14,16H2,1-4H3,(H,23,25)(H,24,27);1H. The van der Waals surface area contributed by atoms with Gasteiger partial charge in [0, 0.05) is 39.3 Å². The number of hydrogen-bond acceptors (Lipinski definition) is 3. The molecule has 0 atom stereocenters. The lowest BCUT2D eigenvalue weighted by molar-refractivity contribution is 0.0954. The fourth-order valence-corrected chi connectivity index (χ4v) is 2.83. The molecule has 0 bridgehead atoms. The molecule has 0 aliphatic carbocycles. The highest BCUT2D eigenvalue weighted by Gasteiger charge is 2.08. The third-order valence-corrected chi connectivity index (χ3v) is 4.20. The van der Waals surface area contributed by atoms with E-state index in [-0.39, 0.29) is 29.9 Å². The lowest BCUT2D eigenvalue weighted by Crippen LogP contribution is -2.42. The Morgan fingerprint density at radius 3 is 2.41 bits per heavy atom. The Hall–Kier alpha value is -2.29. The van der Waals surface area contributed by atoms with Crippen molar-refractivity contribution >= 4 is 35.8 Å². The molecule has 0 spiro atoms. The minimum Gasteiger partial charge on any atom is -0.494 e. The molecule has 0 heterocycles. The van der Waals surface area contributed by atoms with Crippen molar-refractivity contribution in [3.8, 4) is 5.75 Å². The van der Waals surface area contributed by atoms with Crippen LogP contribution in [0.3, 0.4) is 0 Å². The van der Waals surface area contributed by atoms with Gasteiger partial charge in [-0.2, -0.15) is 0 Å². The maximum atomic E-state index is 12.2. The summed E-state index contributed by atoms with van der Waals surface area (Å²) in [5.41, 5.74) is 2.92. The van der Waals surface area contributed by atoms with E-state index in [9.17, 15) is 4.79 Å². The normalized spacial score (nSPS) is 10.7. The second-order valence-corrected chi connectivity index (χ2v) is 6.53. The van der Waals surface area contributed by atoms with Gasteiger partial charge in [0.2, 0.25) is 0 Å². The maximum absolute atomic E-state index is 12.2. The summed E-state index contributed by atoms with van der Waals surface area (Å²) in [4.78, 5) is 18.5. The Morgan fingerprint density at radius 1 is 1.10 bits per heavy atom. The number of halogens is 1. The number of guanidine groups is 1. The van der Waals surface area contributed by atoms with Crippen molar-refractivity contribution in [2.75, 3.05) is 33.8 Å². The van der Waals surface area contributed by atoms with Gasteiger partial charge in [-0.15, -0.1) is 24.0 Å². The zero-order valence-electron chi connectivity index (χ0n) is 17.6. The van der Waals surface area contributed by atoms with Crippen molar-refractivity contribution < 1.29 is 9.53 Å². The van der Waals surface area contributed by atoms with Crippen LogP contribution in [-0.4, -0.2) is 50.6 Å². The van der Waals surface area contributed by atoms with Crippen molar-refractivity contribution in [2.45, 2.75) is 20.4 Å². The molecule has 0 fully saturated rings. The maximum Gasteiger partial charge on any atom is 0.251 e. The highest BCUT2D eigenvalue weighted by Crippen LogP contribution is 2.13. The molecule has 1 amide bonds. The van der Waals surface area contributed by atoms with Crippen LogP contribution in [0.5, 0.6) is 5.75 Å². The fraction of sp³-hybridized carbons (Fsp3) is 0.364. The molecule has 0 aliphatic rings. The number of ether oxygens (including phenoxy) is 1. The summed E-state index contributed by atoms with van der Waals surface area (Å²) in [6, 6.07) is 15.6. The van der Waals surface area contributed by atoms with Crippen LogP contribution in [-0.2, 0) is 6.54 Å². The topological polar surface area (TPSA) is 66.0 Å². The van der Waals surface area contributed by atoms with Crippen molar-refractivity contribution in [2.24, 2.45) is 4.99 Å². The number of carbonyl (C=O) groups excluding carboxylic acids is 1. The van der Waals surface area contributed by atoms with Gasteiger partial charge in [0.05, 0.1) is 6.61 Å². The van der Waals surface area contributed by atoms with E-state index in [1.807, 2.05) is 62.2 Å². The first-order chi connectivity index (χ1) is 13.5. The zero-order valence-corrected chi connectivity index (χ0v) is 19.9. The van der Waals surface area contributed by atoms with Crippen molar-refractivity contribution in [1.82, 2.24) is 15.5 Å². The van der Waals surface area contributed by atoms with E-state index in [0.29, 0.717) is 25.3 Å². The Morgan fingerprint density at radius 2 is 1.79 bits per heavy atom. The second-order valence-electron chi connectivity index (χ2n) is 6.53. The lowest BCUT2D eigenvalue weighted by Gasteiger charge is -2.22. The minimum absolute atomic E-state index is 0. The van der Waals surface area contributed by atoms with Crippen molar-refractivity contribution in [3.05, 3.63) is 65.2 Å². The molecule has 2 aromatic rings. The number of aryl methyl sites for hydroxylation is 1. The largest absolute Gasteiger partial charge is 0.494 e. The van der Waals surface area contributed by atoms with E-state index in [0.717, 1.165) is 23.8 Å². The minimum atomic E-state index is -0.0665. The van der Waals surface area contributed by atoms with Crippen LogP contribution in [0.1, 0.15) is 28.4 Å². The molecule has 158 valence electrons. The number of rotatable bonds is 8. The average molecular weight is 510 g/mol. The summed E-state index contributed by atoms with van der Waals surface area (Å²) in [6.45, 7) is 6.45. The monoisotopic (exact) mass is 510 g/mol. The van der Waals surface area contributed by atoms with Crippen molar-refractivity contribution in [1.29, 1.82) is 0 Å².